The van der Waals surface area contributed by atoms with E-state index in [0.29, 0.717) is 6.42 Å². The lowest BCUT2D eigenvalue weighted by molar-refractivity contribution is -0.140. The number of hydrogen-bond acceptors (Lipinski definition) is 3. The molecule has 3 amide bonds. The maximum atomic E-state index is 11.5. The number of carboxylic acid groups (broad SMARTS) is 1. The third-order valence-electron chi connectivity index (χ3n) is 2.75. The zero-order valence-corrected chi connectivity index (χ0v) is 11.1. The summed E-state index contributed by atoms with van der Waals surface area (Å²) in [6, 6.07) is -2.35. The Morgan fingerprint density at radius 3 is 2.11 bits per heavy atom. The zero-order valence-electron chi connectivity index (χ0n) is 11.1. The van der Waals surface area contributed by atoms with Gasteiger partial charge in [-0.3, -0.25) is 4.79 Å². The van der Waals surface area contributed by atoms with Crippen LogP contribution in [0.4, 0.5) is 4.79 Å². The predicted octanol–water partition coefficient (Wildman–Crippen LogP) is -0.0806. The standard InChI is InChI=1S/C11H21N3O4/c1-5-6(2)8(10(16)17)14-11(18)13-7(3)9(15)12-4/h6-8H,5H2,1-4H3,(H,12,15)(H,16,17)(H2,13,14,18)/t6-,7?,8-/m0/s1. The lowest BCUT2D eigenvalue weighted by atomic mass is 9.99. The van der Waals surface area contributed by atoms with E-state index < -0.39 is 24.1 Å². The van der Waals surface area contributed by atoms with Gasteiger partial charge in [0.2, 0.25) is 5.91 Å². The first-order valence-corrected chi connectivity index (χ1v) is 5.84. The molecular weight excluding hydrogens is 238 g/mol. The third-order valence-corrected chi connectivity index (χ3v) is 2.75. The molecule has 0 fully saturated rings. The summed E-state index contributed by atoms with van der Waals surface area (Å²) in [4.78, 5) is 33.7. The minimum atomic E-state index is -1.09. The Bertz CT molecular complexity index is 319. The maximum absolute atomic E-state index is 11.5. The summed E-state index contributed by atoms with van der Waals surface area (Å²) in [6.07, 6.45) is 0.627. The summed E-state index contributed by atoms with van der Waals surface area (Å²) in [5, 5.41) is 16.1. The van der Waals surface area contributed by atoms with Gasteiger partial charge < -0.3 is 21.1 Å². The first-order chi connectivity index (χ1) is 8.33. The maximum Gasteiger partial charge on any atom is 0.326 e. The fourth-order valence-electron chi connectivity index (χ4n) is 1.34. The van der Waals surface area contributed by atoms with Crippen LogP contribution >= 0.6 is 0 Å². The molecule has 18 heavy (non-hydrogen) atoms. The molecule has 4 N–H and O–H groups in total. The van der Waals surface area contributed by atoms with Gasteiger partial charge in [0, 0.05) is 7.05 Å². The van der Waals surface area contributed by atoms with E-state index in [4.69, 9.17) is 5.11 Å². The Labute approximate surface area is 106 Å². The molecule has 1 unspecified atom stereocenters. The van der Waals surface area contributed by atoms with Crippen molar-refractivity contribution in [1.82, 2.24) is 16.0 Å². The van der Waals surface area contributed by atoms with Crippen LogP contribution in [0.2, 0.25) is 0 Å². The Morgan fingerprint density at radius 1 is 1.17 bits per heavy atom. The highest BCUT2D eigenvalue weighted by molar-refractivity contribution is 5.88. The molecule has 0 aromatic carbocycles. The quantitative estimate of drug-likeness (QED) is 0.535. The van der Waals surface area contributed by atoms with Gasteiger partial charge in [-0.1, -0.05) is 20.3 Å². The molecule has 3 atom stereocenters. The van der Waals surface area contributed by atoms with Crippen molar-refractivity contribution in [3.8, 4) is 0 Å². The van der Waals surface area contributed by atoms with Crippen LogP contribution in [0.3, 0.4) is 0 Å². The molecule has 0 aliphatic carbocycles. The molecule has 0 saturated carbocycles. The van der Waals surface area contributed by atoms with Gasteiger partial charge >= 0.3 is 12.0 Å². The molecule has 7 nitrogen and oxygen atoms in total. The van der Waals surface area contributed by atoms with Crippen LogP contribution in [-0.4, -0.2) is 42.1 Å². The summed E-state index contributed by atoms with van der Waals surface area (Å²) >= 11 is 0. The monoisotopic (exact) mass is 259 g/mol. The number of aliphatic carboxylic acids is 1. The Hall–Kier alpha value is -1.79. The van der Waals surface area contributed by atoms with Gasteiger partial charge in [0.25, 0.3) is 0 Å². The highest BCUT2D eigenvalue weighted by atomic mass is 16.4. The second-order valence-electron chi connectivity index (χ2n) is 4.16. The summed E-state index contributed by atoms with van der Waals surface area (Å²) in [5.74, 6) is -1.63. The predicted molar refractivity (Wildman–Crippen MR) is 66.1 cm³/mol. The molecule has 0 aromatic heterocycles. The fourth-order valence-corrected chi connectivity index (χ4v) is 1.34. The first kappa shape index (κ1) is 16.2. The van der Waals surface area contributed by atoms with Crippen molar-refractivity contribution in [2.24, 2.45) is 5.92 Å². The molecule has 0 rings (SSSR count). The molecule has 0 aliphatic heterocycles. The molecule has 0 aromatic rings. The number of rotatable bonds is 6. The van der Waals surface area contributed by atoms with Crippen molar-refractivity contribution >= 4 is 17.9 Å². The van der Waals surface area contributed by atoms with Gasteiger partial charge in [0.05, 0.1) is 0 Å². The van der Waals surface area contributed by atoms with Crippen molar-refractivity contribution in [2.75, 3.05) is 7.05 Å². The van der Waals surface area contributed by atoms with E-state index in [2.05, 4.69) is 16.0 Å². The van der Waals surface area contributed by atoms with Crippen molar-refractivity contribution in [1.29, 1.82) is 0 Å². The molecule has 7 heteroatoms. The topological polar surface area (TPSA) is 108 Å². The summed E-state index contributed by atoms with van der Waals surface area (Å²) in [7, 11) is 1.46. The van der Waals surface area contributed by atoms with E-state index >= 15 is 0 Å². The van der Waals surface area contributed by atoms with Gasteiger partial charge in [0.15, 0.2) is 0 Å². The zero-order chi connectivity index (χ0) is 14.3. The third kappa shape index (κ3) is 5.03. The van der Waals surface area contributed by atoms with Gasteiger partial charge in [-0.2, -0.15) is 0 Å². The number of urea groups is 1. The summed E-state index contributed by atoms with van der Waals surface area (Å²) in [5.41, 5.74) is 0. The average Bonchev–Trinajstić information content (AvgIpc) is 2.33. The van der Waals surface area contributed by atoms with Gasteiger partial charge in [-0.15, -0.1) is 0 Å². The van der Waals surface area contributed by atoms with Crippen LogP contribution in [0.5, 0.6) is 0 Å². The summed E-state index contributed by atoms with van der Waals surface area (Å²) in [6.45, 7) is 5.09. The average molecular weight is 259 g/mol. The van der Waals surface area contributed by atoms with Gasteiger partial charge in [-0.25, -0.2) is 9.59 Å². The number of carbonyl (C=O) groups excluding carboxylic acids is 2. The minimum absolute atomic E-state index is 0.191. The second kappa shape index (κ2) is 7.52. The van der Waals surface area contributed by atoms with Gasteiger partial charge in [0.1, 0.15) is 12.1 Å². The van der Waals surface area contributed by atoms with Gasteiger partial charge in [-0.05, 0) is 12.8 Å². The van der Waals surface area contributed by atoms with E-state index in [-0.39, 0.29) is 11.8 Å². The molecule has 0 spiro atoms. The number of nitrogens with one attached hydrogen (secondary N) is 3. The van der Waals surface area contributed by atoms with E-state index in [1.807, 2.05) is 6.92 Å². The number of amides is 3. The molecule has 0 bridgehead atoms. The van der Waals surface area contributed by atoms with Crippen molar-refractivity contribution in [3.63, 3.8) is 0 Å². The molecular formula is C11H21N3O4. The molecule has 0 heterocycles. The van der Waals surface area contributed by atoms with E-state index in [0.717, 1.165) is 0 Å². The number of carboxylic acids is 1. The Morgan fingerprint density at radius 2 is 1.72 bits per heavy atom. The smallest absolute Gasteiger partial charge is 0.326 e. The van der Waals surface area contributed by atoms with Crippen LogP contribution in [-0.2, 0) is 9.59 Å². The number of hydrogen-bond donors (Lipinski definition) is 4. The highest BCUT2D eigenvalue weighted by Gasteiger charge is 2.26. The Kier molecular flexibility index (Phi) is 6.77. The van der Waals surface area contributed by atoms with Crippen molar-refractivity contribution in [3.05, 3.63) is 0 Å². The van der Waals surface area contributed by atoms with E-state index in [1.54, 1.807) is 6.92 Å². The van der Waals surface area contributed by atoms with Crippen molar-refractivity contribution in [2.45, 2.75) is 39.3 Å². The molecule has 104 valence electrons. The molecule has 0 radical (unpaired) electrons. The minimum Gasteiger partial charge on any atom is -0.480 e. The normalized spacial score (nSPS) is 15.1. The largest absolute Gasteiger partial charge is 0.480 e. The number of likely N-dealkylation sites (N-methyl/N-ethyl adjacent to an activating group) is 1. The molecule has 0 aliphatic rings. The van der Waals surface area contributed by atoms with Crippen LogP contribution < -0.4 is 16.0 Å². The van der Waals surface area contributed by atoms with E-state index in [9.17, 15) is 14.4 Å². The van der Waals surface area contributed by atoms with Crippen LogP contribution in [0.15, 0.2) is 0 Å². The highest BCUT2D eigenvalue weighted by Crippen LogP contribution is 2.07. The number of carbonyl (C=O) groups is 3. The SMILES string of the molecule is CC[C@H](C)[C@H](NC(=O)NC(C)C(=O)NC)C(=O)O. The lowest BCUT2D eigenvalue weighted by Crippen LogP contribution is -2.53. The van der Waals surface area contributed by atoms with Crippen LogP contribution in [0.25, 0.3) is 0 Å². The van der Waals surface area contributed by atoms with Crippen LogP contribution in [0, 0.1) is 5.92 Å². The lowest BCUT2D eigenvalue weighted by Gasteiger charge is -2.21. The van der Waals surface area contributed by atoms with Crippen molar-refractivity contribution < 1.29 is 19.5 Å². The Balaban J connectivity index is 4.44. The molecule has 0 saturated heterocycles. The second-order valence-corrected chi connectivity index (χ2v) is 4.16. The van der Waals surface area contributed by atoms with E-state index in [1.165, 1.54) is 14.0 Å². The fraction of sp³-hybridized carbons (Fsp3) is 0.727. The summed E-state index contributed by atoms with van der Waals surface area (Å²) < 4.78 is 0. The first-order valence-electron chi connectivity index (χ1n) is 5.84. The van der Waals surface area contributed by atoms with Crippen LogP contribution in [0.1, 0.15) is 27.2 Å².